The third kappa shape index (κ3) is 2.65. The van der Waals surface area contributed by atoms with Crippen molar-refractivity contribution >= 4 is 0 Å². The van der Waals surface area contributed by atoms with Crippen LogP contribution in [0.1, 0.15) is 61.8 Å². The van der Waals surface area contributed by atoms with Gasteiger partial charge in [-0.05, 0) is 48.8 Å². The SMILES string of the molecule is CCCCc1ccc2c(c1)[C@H](O)CCCC2. The van der Waals surface area contributed by atoms with Crippen molar-refractivity contribution in [2.75, 3.05) is 0 Å². The van der Waals surface area contributed by atoms with E-state index in [9.17, 15) is 5.11 Å². The second kappa shape index (κ2) is 5.49. The molecule has 0 amide bonds. The summed E-state index contributed by atoms with van der Waals surface area (Å²) in [5.41, 5.74) is 3.96. The summed E-state index contributed by atoms with van der Waals surface area (Å²) in [5.74, 6) is 0. The van der Waals surface area contributed by atoms with Crippen molar-refractivity contribution in [1.29, 1.82) is 0 Å². The Morgan fingerprint density at radius 3 is 3.00 bits per heavy atom. The molecule has 1 aromatic carbocycles. The summed E-state index contributed by atoms with van der Waals surface area (Å²) in [6, 6.07) is 6.71. The van der Waals surface area contributed by atoms with Crippen LogP contribution in [0, 0.1) is 0 Å². The number of hydrogen-bond acceptors (Lipinski definition) is 1. The number of unbranched alkanes of at least 4 members (excludes halogenated alkanes) is 1. The van der Waals surface area contributed by atoms with Crippen molar-refractivity contribution in [3.05, 3.63) is 34.9 Å². The molecule has 1 N–H and O–H groups in total. The van der Waals surface area contributed by atoms with Gasteiger partial charge in [-0.15, -0.1) is 0 Å². The molecule has 1 heteroatoms. The van der Waals surface area contributed by atoms with Gasteiger partial charge in [0.15, 0.2) is 0 Å². The molecular weight excluding hydrogens is 196 g/mol. The molecular formula is C15H22O. The second-order valence-corrected chi connectivity index (χ2v) is 4.90. The highest BCUT2D eigenvalue weighted by Crippen LogP contribution is 2.29. The van der Waals surface area contributed by atoms with Gasteiger partial charge in [-0.2, -0.15) is 0 Å². The standard InChI is InChI=1S/C15H22O/c1-2-3-6-12-9-10-13-7-4-5-8-15(16)14(13)11-12/h9-11,15-16H,2-8H2,1H3/t15-/m1/s1. The fourth-order valence-electron chi connectivity index (χ4n) is 2.53. The number of benzene rings is 1. The van der Waals surface area contributed by atoms with Crippen LogP contribution in [0.3, 0.4) is 0 Å². The number of fused-ring (bicyclic) bond motifs is 1. The van der Waals surface area contributed by atoms with Crippen molar-refractivity contribution in [2.24, 2.45) is 0 Å². The quantitative estimate of drug-likeness (QED) is 0.765. The smallest absolute Gasteiger partial charge is 0.0792 e. The predicted octanol–water partition coefficient (Wildman–Crippen LogP) is 3.79. The highest BCUT2D eigenvalue weighted by atomic mass is 16.3. The largest absolute Gasteiger partial charge is 0.388 e. The Bertz CT molecular complexity index is 343. The average Bonchev–Trinajstić information content (AvgIpc) is 2.49. The first-order valence-corrected chi connectivity index (χ1v) is 6.61. The van der Waals surface area contributed by atoms with Crippen molar-refractivity contribution < 1.29 is 5.11 Å². The van der Waals surface area contributed by atoms with Gasteiger partial charge in [-0.3, -0.25) is 0 Å². The Hall–Kier alpha value is -0.820. The Morgan fingerprint density at radius 2 is 2.19 bits per heavy atom. The van der Waals surface area contributed by atoms with E-state index in [-0.39, 0.29) is 6.10 Å². The molecule has 16 heavy (non-hydrogen) atoms. The maximum atomic E-state index is 10.1. The van der Waals surface area contributed by atoms with E-state index in [1.807, 2.05) is 0 Å². The van der Waals surface area contributed by atoms with Crippen molar-refractivity contribution in [1.82, 2.24) is 0 Å². The van der Waals surface area contributed by atoms with E-state index in [1.165, 1.54) is 36.0 Å². The molecule has 0 fully saturated rings. The van der Waals surface area contributed by atoms with Crippen molar-refractivity contribution in [3.63, 3.8) is 0 Å². The normalized spacial score (nSPS) is 20.2. The van der Waals surface area contributed by atoms with E-state index < -0.39 is 0 Å². The molecule has 2 rings (SSSR count). The minimum atomic E-state index is -0.223. The summed E-state index contributed by atoms with van der Waals surface area (Å²) in [4.78, 5) is 0. The van der Waals surface area contributed by atoms with Crippen LogP contribution in [0.4, 0.5) is 0 Å². The molecule has 0 saturated carbocycles. The van der Waals surface area contributed by atoms with E-state index >= 15 is 0 Å². The van der Waals surface area contributed by atoms with E-state index in [0.717, 1.165) is 25.7 Å². The van der Waals surface area contributed by atoms with Crippen LogP contribution in [-0.4, -0.2) is 5.11 Å². The molecule has 88 valence electrons. The number of rotatable bonds is 3. The summed E-state index contributed by atoms with van der Waals surface area (Å²) < 4.78 is 0. The first-order valence-electron chi connectivity index (χ1n) is 6.61. The van der Waals surface area contributed by atoms with Crippen LogP contribution < -0.4 is 0 Å². The van der Waals surface area contributed by atoms with Crippen LogP contribution in [0.5, 0.6) is 0 Å². The number of hydrogen-bond donors (Lipinski definition) is 1. The Balaban J connectivity index is 2.21. The Labute approximate surface area is 98.5 Å². The minimum Gasteiger partial charge on any atom is -0.388 e. The first-order chi connectivity index (χ1) is 7.81. The molecule has 1 aromatic rings. The predicted molar refractivity (Wildman–Crippen MR) is 67.6 cm³/mol. The highest BCUT2D eigenvalue weighted by molar-refractivity contribution is 5.34. The van der Waals surface area contributed by atoms with Gasteiger partial charge < -0.3 is 5.11 Å². The number of aliphatic hydroxyl groups is 1. The summed E-state index contributed by atoms with van der Waals surface area (Å²) in [7, 11) is 0. The molecule has 1 nitrogen and oxygen atoms in total. The monoisotopic (exact) mass is 218 g/mol. The molecule has 0 radical (unpaired) electrons. The zero-order valence-corrected chi connectivity index (χ0v) is 10.2. The lowest BCUT2D eigenvalue weighted by Crippen LogP contribution is -2.00. The van der Waals surface area contributed by atoms with Gasteiger partial charge in [0.05, 0.1) is 6.10 Å². The maximum absolute atomic E-state index is 10.1. The third-order valence-electron chi connectivity index (χ3n) is 3.56. The van der Waals surface area contributed by atoms with Gasteiger partial charge in [0, 0.05) is 0 Å². The first kappa shape index (κ1) is 11.7. The van der Waals surface area contributed by atoms with Crippen molar-refractivity contribution in [3.8, 4) is 0 Å². The van der Waals surface area contributed by atoms with Gasteiger partial charge in [-0.1, -0.05) is 38.0 Å². The van der Waals surface area contributed by atoms with E-state index in [1.54, 1.807) is 0 Å². The molecule has 0 aliphatic heterocycles. The zero-order valence-electron chi connectivity index (χ0n) is 10.2. The summed E-state index contributed by atoms with van der Waals surface area (Å²) in [6.45, 7) is 2.22. The Morgan fingerprint density at radius 1 is 1.31 bits per heavy atom. The van der Waals surface area contributed by atoms with Gasteiger partial charge in [0.25, 0.3) is 0 Å². The molecule has 0 bridgehead atoms. The molecule has 0 saturated heterocycles. The summed E-state index contributed by atoms with van der Waals surface area (Å²) in [6.07, 6.45) is 7.85. The summed E-state index contributed by atoms with van der Waals surface area (Å²) >= 11 is 0. The zero-order chi connectivity index (χ0) is 11.4. The number of aliphatic hydroxyl groups excluding tert-OH is 1. The van der Waals surface area contributed by atoms with Crippen LogP contribution in [0.25, 0.3) is 0 Å². The van der Waals surface area contributed by atoms with E-state index in [4.69, 9.17) is 0 Å². The van der Waals surface area contributed by atoms with Crippen LogP contribution >= 0.6 is 0 Å². The highest BCUT2D eigenvalue weighted by Gasteiger charge is 2.16. The third-order valence-corrected chi connectivity index (χ3v) is 3.56. The molecule has 0 unspecified atom stereocenters. The fourth-order valence-corrected chi connectivity index (χ4v) is 2.53. The average molecular weight is 218 g/mol. The fraction of sp³-hybridized carbons (Fsp3) is 0.600. The van der Waals surface area contributed by atoms with Crippen molar-refractivity contribution in [2.45, 2.75) is 58.0 Å². The Kier molecular flexibility index (Phi) is 4.00. The van der Waals surface area contributed by atoms with Gasteiger partial charge in [-0.25, -0.2) is 0 Å². The maximum Gasteiger partial charge on any atom is 0.0792 e. The molecule has 1 atom stereocenters. The van der Waals surface area contributed by atoms with Crippen LogP contribution in [0.15, 0.2) is 18.2 Å². The van der Waals surface area contributed by atoms with Crippen LogP contribution in [0.2, 0.25) is 0 Å². The van der Waals surface area contributed by atoms with E-state index in [2.05, 4.69) is 25.1 Å². The molecule has 1 aliphatic carbocycles. The molecule has 1 aliphatic rings. The summed E-state index contributed by atoms with van der Waals surface area (Å²) in [5, 5.41) is 10.1. The molecule has 0 aromatic heterocycles. The number of aryl methyl sites for hydroxylation is 2. The minimum absolute atomic E-state index is 0.223. The van der Waals surface area contributed by atoms with Gasteiger partial charge in [0.2, 0.25) is 0 Å². The topological polar surface area (TPSA) is 20.2 Å². The molecule has 0 heterocycles. The van der Waals surface area contributed by atoms with Gasteiger partial charge >= 0.3 is 0 Å². The van der Waals surface area contributed by atoms with Crippen LogP contribution in [-0.2, 0) is 12.8 Å². The van der Waals surface area contributed by atoms with E-state index in [0.29, 0.717) is 0 Å². The molecule has 0 spiro atoms. The second-order valence-electron chi connectivity index (χ2n) is 4.90. The lowest BCUT2D eigenvalue weighted by Gasteiger charge is -2.13. The lowest BCUT2D eigenvalue weighted by molar-refractivity contribution is 0.166. The lowest BCUT2D eigenvalue weighted by atomic mass is 9.96. The van der Waals surface area contributed by atoms with Gasteiger partial charge in [0.1, 0.15) is 0 Å².